The molecular formula is C21H29NO2. The molecule has 1 heterocycles. The summed E-state index contributed by atoms with van der Waals surface area (Å²) < 4.78 is 0. The molecule has 1 aliphatic heterocycles. The Morgan fingerprint density at radius 1 is 1.25 bits per heavy atom. The Balaban J connectivity index is 1.67. The number of ketones is 1. The van der Waals surface area contributed by atoms with Gasteiger partial charge in [0.15, 0.2) is 0 Å². The minimum Gasteiger partial charge on any atom is -0.330 e. The summed E-state index contributed by atoms with van der Waals surface area (Å²) in [5.74, 6) is 2.53. The molecule has 24 heavy (non-hydrogen) atoms. The molecule has 0 aromatic heterocycles. The molecule has 1 amide bonds. The average Bonchev–Trinajstić information content (AvgIpc) is 2.81. The van der Waals surface area contributed by atoms with Gasteiger partial charge < -0.3 is 5.32 Å². The summed E-state index contributed by atoms with van der Waals surface area (Å²) in [6.07, 6.45) is 10.8. The van der Waals surface area contributed by atoms with Crippen molar-refractivity contribution in [3.8, 4) is 0 Å². The second-order valence-electron chi connectivity index (χ2n) is 8.97. The van der Waals surface area contributed by atoms with Crippen LogP contribution in [0.5, 0.6) is 0 Å². The lowest BCUT2D eigenvalue weighted by Crippen LogP contribution is -2.53. The summed E-state index contributed by atoms with van der Waals surface area (Å²) in [7, 11) is 0. The molecule has 2 saturated carbocycles. The van der Waals surface area contributed by atoms with Gasteiger partial charge in [-0.1, -0.05) is 26.0 Å². The van der Waals surface area contributed by atoms with Crippen molar-refractivity contribution in [2.45, 2.75) is 58.8 Å². The van der Waals surface area contributed by atoms with Gasteiger partial charge in [0.2, 0.25) is 5.91 Å². The number of Topliss-reactive ketones (excluding diaryl/α,β-unsaturated/α-hetero) is 1. The Morgan fingerprint density at radius 3 is 2.79 bits per heavy atom. The summed E-state index contributed by atoms with van der Waals surface area (Å²) >= 11 is 0. The molecule has 0 spiro atoms. The molecule has 3 heteroatoms. The lowest BCUT2D eigenvalue weighted by molar-refractivity contribution is -0.134. The molecule has 4 aliphatic rings. The molecule has 1 N–H and O–H groups in total. The van der Waals surface area contributed by atoms with Crippen LogP contribution in [0.2, 0.25) is 0 Å². The molecule has 0 aromatic rings. The Bertz CT molecular complexity index is 636. The van der Waals surface area contributed by atoms with E-state index in [0.29, 0.717) is 30.0 Å². The van der Waals surface area contributed by atoms with Gasteiger partial charge in [-0.05, 0) is 56.3 Å². The molecule has 6 atom stereocenters. The van der Waals surface area contributed by atoms with E-state index < -0.39 is 0 Å². The number of allylic oxidation sites excluding steroid dienone is 3. The normalized spacial score (nSPS) is 47.2. The number of hydrogen-bond donors (Lipinski definition) is 1. The SMILES string of the molecule is C=CCC1C[C@H]2[C@@H]3CC=C4NC(=O)CC[C@]4(C)[C@@H]3CC[C@]2(C)C1=O. The van der Waals surface area contributed by atoms with Crippen molar-refractivity contribution in [2.24, 2.45) is 34.5 Å². The average molecular weight is 327 g/mol. The number of piperidine rings is 1. The van der Waals surface area contributed by atoms with E-state index >= 15 is 0 Å². The van der Waals surface area contributed by atoms with E-state index in [1.54, 1.807) is 0 Å². The molecule has 130 valence electrons. The Kier molecular flexibility index (Phi) is 3.56. The summed E-state index contributed by atoms with van der Waals surface area (Å²) in [4.78, 5) is 24.8. The van der Waals surface area contributed by atoms with Gasteiger partial charge in [-0.2, -0.15) is 0 Å². The van der Waals surface area contributed by atoms with E-state index in [9.17, 15) is 9.59 Å². The van der Waals surface area contributed by atoms with Crippen LogP contribution in [0.15, 0.2) is 24.4 Å². The lowest BCUT2D eigenvalue weighted by atomic mass is 9.50. The summed E-state index contributed by atoms with van der Waals surface area (Å²) in [6, 6.07) is 0. The highest BCUT2D eigenvalue weighted by Crippen LogP contribution is 2.63. The predicted molar refractivity (Wildman–Crippen MR) is 93.9 cm³/mol. The minimum absolute atomic E-state index is 0.0950. The number of carbonyl (C=O) groups excluding carboxylic acids is 2. The topological polar surface area (TPSA) is 46.2 Å². The van der Waals surface area contributed by atoms with Crippen molar-refractivity contribution < 1.29 is 9.59 Å². The van der Waals surface area contributed by atoms with Crippen LogP contribution >= 0.6 is 0 Å². The molecule has 3 aliphatic carbocycles. The first-order valence-corrected chi connectivity index (χ1v) is 9.56. The van der Waals surface area contributed by atoms with Gasteiger partial charge in [0.05, 0.1) is 0 Å². The zero-order chi connectivity index (χ0) is 17.1. The van der Waals surface area contributed by atoms with E-state index in [1.165, 1.54) is 0 Å². The Hall–Kier alpha value is -1.38. The molecule has 3 nitrogen and oxygen atoms in total. The zero-order valence-electron chi connectivity index (χ0n) is 14.9. The largest absolute Gasteiger partial charge is 0.330 e. The van der Waals surface area contributed by atoms with Gasteiger partial charge in [0.1, 0.15) is 5.78 Å². The molecule has 0 aromatic carbocycles. The van der Waals surface area contributed by atoms with Crippen molar-refractivity contribution in [2.75, 3.05) is 0 Å². The van der Waals surface area contributed by atoms with E-state index in [4.69, 9.17) is 0 Å². The van der Waals surface area contributed by atoms with Crippen molar-refractivity contribution >= 4 is 11.7 Å². The van der Waals surface area contributed by atoms with Crippen LogP contribution in [-0.2, 0) is 9.59 Å². The van der Waals surface area contributed by atoms with Crippen LogP contribution in [0, 0.1) is 34.5 Å². The highest BCUT2D eigenvalue weighted by molar-refractivity contribution is 5.89. The summed E-state index contributed by atoms with van der Waals surface area (Å²) in [5, 5.41) is 3.14. The first kappa shape index (κ1) is 16.1. The fraction of sp³-hybridized carbons (Fsp3) is 0.714. The summed E-state index contributed by atoms with van der Waals surface area (Å²) in [6.45, 7) is 8.42. The van der Waals surface area contributed by atoms with Gasteiger partial charge in [0, 0.05) is 28.9 Å². The molecule has 3 fully saturated rings. The smallest absolute Gasteiger partial charge is 0.224 e. The molecular weight excluding hydrogens is 298 g/mol. The second kappa shape index (κ2) is 5.31. The third-order valence-electron chi connectivity index (χ3n) is 7.92. The van der Waals surface area contributed by atoms with Gasteiger partial charge in [-0.25, -0.2) is 0 Å². The monoisotopic (exact) mass is 327 g/mol. The van der Waals surface area contributed by atoms with Crippen LogP contribution in [0.1, 0.15) is 58.8 Å². The van der Waals surface area contributed by atoms with Gasteiger partial charge in [0.25, 0.3) is 0 Å². The number of fused-ring (bicyclic) bond motifs is 5. The zero-order valence-corrected chi connectivity index (χ0v) is 14.9. The Labute approximate surface area is 145 Å². The van der Waals surface area contributed by atoms with Crippen LogP contribution in [0.3, 0.4) is 0 Å². The van der Waals surface area contributed by atoms with E-state index in [-0.39, 0.29) is 22.7 Å². The van der Waals surface area contributed by atoms with Crippen molar-refractivity contribution in [1.29, 1.82) is 0 Å². The van der Waals surface area contributed by atoms with Crippen LogP contribution in [-0.4, -0.2) is 11.7 Å². The highest BCUT2D eigenvalue weighted by Gasteiger charge is 2.60. The van der Waals surface area contributed by atoms with Crippen molar-refractivity contribution in [1.82, 2.24) is 5.32 Å². The van der Waals surface area contributed by atoms with Gasteiger partial charge in [-0.3, -0.25) is 9.59 Å². The number of rotatable bonds is 2. The first-order valence-electron chi connectivity index (χ1n) is 9.56. The quantitative estimate of drug-likeness (QED) is 0.779. The number of carbonyl (C=O) groups is 2. The maximum absolute atomic E-state index is 13.0. The van der Waals surface area contributed by atoms with E-state index in [2.05, 4.69) is 31.8 Å². The molecule has 0 radical (unpaired) electrons. The van der Waals surface area contributed by atoms with E-state index in [1.807, 2.05) is 6.08 Å². The maximum Gasteiger partial charge on any atom is 0.224 e. The van der Waals surface area contributed by atoms with Gasteiger partial charge >= 0.3 is 0 Å². The fourth-order valence-electron chi connectivity index (χ4n) is 6.54. The van der Waals surface area contributed by atoms with Crippen LogP contribution < -0.4 is 5.32 Å². The Morgan fingerprint density at radius 2 is 2.04 bits per heavy atom. The maximum atomic E-state index is 13.0. The third kappa shape index (κ3) is 2.02. The van der Waals surface area contributed by atoms with Gasteiger partial charge in [-0.15, -0.1) is 6.58 Å². The lowest BCUT2D eigenvalue weighted by Gasteiger charge is -2.55. The predicted octanol–water partition coefficient (Wildman–Crippen LogP) is 4.00. The van der Waals surface area contributed by atoms with Crippen LogP contribution in [0.4, 0.5) is 0 Å². The number of amides is 1. The fourth-order valence-corrected chi connectivity index (χ4v) is 6.54. The first-order chi connectivity index (χ1) is 11.4. The molecule has 1 saturated heterocycles. The highest BCUT2D eigenvalue weighted by atomic mass is 16.1. The molecule has 0 bridgehead atoms. The number of nitrogens with one attached hydrogen (secondary N) is 1. The molecule has 1 unspecified atom stereocenters. The standard InChI is InChI=1S/C21H29NO2/c1-4-5-13-12-16-14-6-7-17-20(2,11-9-18(23)22-17)15(14)8-10-21(16,3)19(13)24/h4,7,13-16H,1,5-6,8-12H2,2-3H3,(H,22,23)/t13?,14-,15-,16+,20-,21+/m1/s1. The van der Waals surface area contributed by atoms with Crippen molar-refractivity contribution in [3.63, 3.8) is 0 Å². The number of hydrogen-bond acceptors (Lipinski definition) is 2. The van der Waals surface area contributed by atoms with E-state index in [0.717, 1.165) is 44.2 Å². The summed E-state index contributed by atoms with van der Waals surface area (Å²) in [5.41, 5.74) is 1.13. The minimum atomic E-state index is -0.130. The molecule has 4 rings (SSSR count). The van der Waals surface area contributed by atoms with Crippen molar-refractivity contribution in [3.05, 3.63) is 24.4 Å². The van der Waals surface area contributed by atoms with Crippen LogP contribution in [0.25, 0.3) is 0 Å². The third-order valence-corrected chi connectivity index (χ3v) is 7.92. The second-order valence-corrected chi connectivity index (χ2v) is 8.97.